The lowest BCUT2D eigenvalue weighted by molar-refractivity contribution is 0.102. The van der Waals surface area contributed by atoms with Gasteiger partial charge in [-0.15, -0.1) is 11.8 Å². The smallest absolute Gasteiger partial charge is 0.201 e. The molecule has 0 heterocycles. The van der Waals surface area contributed by atoms with E-state index < -0.39 is 0 Å². The van der Waals surface area contributed by atoms with E-state index in [0.29, 0.717) is 11.1 Å². The first kappa shape index (κ1) is 14.4. The minimum absolute atomic E-state index is 0.0390. The van der Waals surface area contributed by atoms with E-state index in [1.54, 1.807) is 23.9 Å². The quantitative estimate of drug-likeness (QED) is 0.759. The Morgan fingerprint density at radius 1 is 1.00 bits per heavy atom. The summed E-state index contributed by atoms with van der Waals surface area (Å²) in [4.78, 5) is 12.6. The number of benzene rings is 2. The van der Waals surface area contributed by atoms with Crippen LogP contribution in [0.4, 0.5) is 0 Å². The van der Waals surface area contributed by atoms with E-state index in [2.05, 4.69) is 12.6 Å². The number of thiol groups is 1. The number of aromatic hydroxyl groups is 2. The number of thioether (sulfide) groups is 1. The van der Waals surface area contributed by atoms with Gasteiger partial charge in [-0.1, -0.05) is 24.3 Å². The van der Waals surface area contributed by atoms with Gasteiger partial charge in [-0.25, -0.2) is 0 Å². The molecule has 1 aliphatic rings. The number of ketones is 1. The number of phenolic OH excluding ortho intramolecular Hbond substituents is 2. The molecule has 0 aliphatic heterocycles. The predicted octanol–water partition coefficient (Wildman–Crippen LogP) is 3.39. The van der Waals surface area contributed by atoms with Crippen LogP contribution in [0.15, 0.2) is 36.4 Å². The summed E-state index contributed by atoms with van der Waals surface area (Å²) in [7, 11) is 0. The highest BCUT2D eigenvalue weighted by Gasteiger charge is 2.34. The lowest BCUT2D eigenvalue weighted by Gasteiger charge is -2.27. The summed E-state index contributed by atoms with van der Waals surface area (Å²) in [5.41, 5.74) is 2.18. The number of hydrogen-bond donors (Lipinski definition) is 3. The van der Waals surface area contributed by atoms with Crippen molar-refractivity contribution in [3.05, 3.63) is 58.7 Å². The number of phenols is 2. The Balaban J connectivity index is 2.24. The predicted molar refractivity (Wildman–Crippen MR) is 87.8 cm³/mol. The Kier molecular flexibility index (Phi) is 3.87. The molecule has 0 atom stereocenters. The molecule has 0 amide bonds. The lowest BCUT2D eigenvalue weighted by Crippen LogP contribution is -2.18. The van der Waals surface area contributed by atoms with Crippen molar-refractivity contribution in [2.75, 3.05) is 11.5 Å². The molecule has 0 unspecified atom stereocenters. The molecule has 108 valence electrons. The zero-order valence-corrected chi connectivity index (χ0v) is 12.8. The number of carbonyl (C=O) groups excluding carboxylic acids is 1. The summed E-state index contributed by atoms with van der Waals surface area (Å²) in [5.74, 6) is 1.13. The van der Waals surface area contributed by atoms with Crippen molar-refractivity contribution in [1.82, 2.24) is 0 Å². The second-order valence-electron chi connectivity index (χ2n) is 4.79. The second kappa shape index (κ2) is 5.66. The molecular weight excluding hydrogens is 304 g/mol. The first-order chi connectivity index (χ1) is 10.1. The van der Waals surface area contributed by atoms with Gasteiger partial charge in [0.25, 0.3) is 0 Å². The van der Waals surface area contributed by atoms with Crippen LogP contribution in [0.5, 0.6) is 11.5 Å². The number of rotatable bonds is 3. The van der Waals surface area contributed by atoms with Crippen molar-refractivity contribution in [3.8, 4) is 11.5 Å². The SMILES string of the molecule is O=C1c2c(O)cccc2C(SCCS)c2cccc(O)c21. The van der Waals surface area contributed by atoms with E-state index in [1.807, 2.05) is 12.1 Å². The van der Waals surface area contributed by atoms with Crippen molar-refractivity contribution in [1.29, 1.82) is 0 Å². The molecule has 0 radical (unpaired) electrons. The topological polar surface area (TPSA) is 57.5 Å². The highest BCUT2D eigenvalue weighted by Crippen LogP contribution is 2.47. The van der Waals surface area contributed by atoms with E-state index in [1.165, 1.54) is 12.1 Å². The van der Waals surface area contributed by atoms with Gasteiger partial charge in [-0.05, 0) is 29.0 Å². The normalized spacial score (nSPS) is 13.9. The van der Waals surface area contributed by atoms with Gasteiger partial charge >= 0.3 is 0 Å². The third kappa shape index (κ3) is 2.30. The lowest BCUT2D eigenvalue weighted by atomic mass is 9.83. The minimum Gasteiger partial charge on any atom is -0.507 e. The van der Waals surface area contributed by atoms with Crippen LogP contribution >= 0.6 is 24.4 Å². The molecular formula is C16H14O3S2. The summed E-state index contributed by atoms with van der Waals surface area (Å²) in [6.45, 7) is 0. The van der Waals surface area contributed by atoms with Gasteiger partial charge in [-0.3, -0.25) is 4.79 Å². The maximum atomic E-state index is 12.6. The van der Waals surface area contributed by atoms with Gasteiger partial charge in [0.15, 0.2) is 0 Å². The number of fused-ring (bicyclic) bond motifs is 2. The molecule has 0 fully saturated rings. The van der Waals surface area contributed by atoms with Crippen LogP contribution in [-0.4, -0.2) is 27.5 Å². The largest absolute Gasteiger partial charge is 0.507 e. The van der Waals surface area contributed by atoms with E-state index >= 15 is 0 Å². The van der Waals surface area contributed by atoms with Crippen LogP contribution < -0.4 is 0 Å². The summed E-state index contributed by atoms with van der Waals surface area (Å²) >= 11 is 5.88. The molecule has 5 heteroatoms. The molecule has 0 bridgehead atoms. The van der Waals surface area contributed by atoms with Crippen molar-refractivity contribution in [2.24, 2.45) is 0 Å². The van der Waals surface area contributed by atoms with E-state index in [9.17, 15) is 15.0 Å². The van der Waals surface area contributed by atoms with Gasteiger partial charge in [0.1, 0.15) is 11.5 Å². The third-order valence-electron chi connectivity index (χ3n) is 3.54. The Labute approximate surface area is 132 Å². The Morgan fingerprint density at radius 3 is 2.00 bits per heavy atom. The van der Waals surface area contributed by atoms with Crippen molar-refractivity contribution in [3.63, 3.8) is 0 Å². The molecule has 0 spiro atoms. The maximum Gasteiger partial charge on any atom is 0.201 e. The Morgan fingerprint density at radius 2 is 1.52 bits per heavy atom. The zero-order chi connectivity index (χ0) is 15.0. The van der Waals surface area contributed by atoms with Crippen molar-refractivity contribution < 1.29 is 15.0 Å². The molecule has 21 heavy (non-hydrogen) atoms. The average Bonchev–Trinajstić information content (AvgIpc) is 2.47. The fourth-order valence-electron chi connectivity index (χ4n) is 2.69. The van der Waals surface area contributed by atoms with Gasteiger partial charge < -0.3 is 10.2 Å². The van der Waals surface area contributed by atoms with Crippen LogP contribution in [0.3, 0.4) is 0 Å². The minimum atomic E-state index is -0.320. The summed E-state index contributed by atoms with van der Waals surface area (Å²) in [5, 5.41) is 20.0. The van der Waals surface area contributed by atoms with Gasteiger partial charge in [0.2, 0.25) is 5.78 Å². The molecule has 0 saturated heterocycles. The molecule has 2 aromatic rings. The highest BCUT2D eigenvalue weighted by molar-refractivity contribution is 8.00. The zero-order valence-electron chi connectivity index (χ0n) is 11.1. The third-order valence-corrected chi connectivity index (χ3v) is 5.35. The summed E-state index contributed by atoms with van der Waals surface area (Å²) < 4.78 is 0. The first-order valence-electron chi connectivity index (χ1n) is 6.56. The van der Waals surface area contributed by atoms with Gasteiger partial charge in [0, 0.05) is 5.75 Å². The highest BCUT2D eigenvalue weighted by atomic mass is 32.2. The molecule has 3 nitrogen and oxygen atoms in total. The van der Waals surface area contributed by atoms with Gasteiger partial charge in [-0.2, -0.15) is 12.6 Å². The maximum absolute atomic E-state index is 12.6. The fraction of sp³-hybridized carbons (Fsp3) is 0.188. The van der Waals surface area contributed by atoms with Crippen molar-refractivity contribution >= 4 is 30.2 Å². The van der Waals surface area contributed by atoms with Crippen molar-refractivity contribution in [2.45, 2.75) is 5.25 Å². The van der Waals surface area contributed by atoms with E-state index in [0.717, 1.165) is 22.6 Å². The van der Waals surface area contributed by atoms with Crippen LogP contribution in [0.1, 0.15) is 32.3 Å². The molecule has 1 aliphatic carbocycles. The Bertz CT molecular complexity index is 657. The van der Waals surface area contributed by atoms with E-state index in [4.69, 9.17) is 0 Å². The van der Waals surface area contributed by atoms with Crippen LogP contribution in [0.2, 0.25) is 0 Å². The van der Waals surface area contributed by atoms with E-state index in [-0.39, 0.29) is 22.5 Å². The monoisotopic (exact) mass is 318 g/mol. The fourth-order valence-corrected chi connectivity index (χ4v) is 4.10. The second-order valence-corrected chi connectivity index (χ2v) is 6.45. The first-order valence-corrected chi connectivity index (χ1v) is 8.24. The molecule has 0 saturated carbocycles. The molecule has 2 aromatic carbocycles. The summed E-state index contributed by atoms with van der Waals surface area (Å²) in [6, 6.07) is 10.2. The number of carbonyl (C=O) groups is 1. The Hall–Kier alpha value is -1.59. The van der Waals surface area contributed by atoms with Gasteiger partial charge in [0.05, 0.1) is 16.4 Å². The number of hydrogen-bond acceptors (Lipinski definition) is 5. The van der Waals surface area contributed by atoms with Crippen LogP contribution in [-0.2, 0) is 0 Å². The molecule has 3 rings (SSSR count). The molecule has 2 N–H and O–H groups in total. The standard InChI is InChI=1S/C16H14O3S2/c17-11-5-1-3-9-13(11)15(19)14-10(4-2-6-12(14)18)16(9)21-8-7-20/h1-6,16-18,20H,7-8H2. The van der Waals surface area contributed by atoms with Crippen LogP contribution in [0, 0.1) is 0 Å². The average molecular weight is 318 g/mol. The van der Waals surface area contributed by atoms with Crippen LogP contribution in [0.25, 0.3) is 0 Å². The summed E-state index contributed by atoms with van der Waals surface area (Å²) in [6.07, 6.45) is 0. The molecule has 0 aromatic heterocycles.